The Labute approximate surface area is 186 Å². The molecule has 7 nitrogen and oxygen atoms in total. The van der Waals surface area contributed by atoms with Crippen molar-refractivity contribution in [1.82, 2.24) is 5.32 Å². The fourth-order valence-corrected chi connectivity index (χ4v) is 3.69. The number of fused-ring (bicyclic) bond motifs is 1. The third-order valence-electron chi connectivity index (χ3n) is 5.15. The summed E-state index contributed by atoms with van der Waals surface area (Å²) >= 11 is 0. The number of oxime groups is 1. The minimum absolute atomic E-state index is 0.0109. The predicted octanol–water partition coefficient (Wildman–Crippen LogP) is 4.09. The summed E-state index contributed by atoms with van der Waals surface area (Å²) in [5, 5.41) is 25.3. The lowest BCUT2D eigenvalue weighted by Crippen LogP contribution is -2.25. The SMILES string of the molecule is C/C(=N\OCc1cc(F)c(OC(C)C)c(C#N)c1)c1ccc2c(c1)CCC2NCC(=O)O. The highest BCUT2D eigenvalue weighted by molar-refractivity contribution is 5.98. The number of halogens is 1. The van der Waals surface area contributed by atoms with E-state index in [0.717, 1.165) is 29.5 Å². The van der Waals surface area contributed by atoms with Gasteiger partial charge >= 0.3 is 5.97 Å². The van der Waals surface area contributed by atoms with Gasteiger partial charge in [0.25, 0.3) is 0 Å². The van der Waals surface area contributed by atoms with Crippen LogP contribution in [0, 0.1) is 17.1 Å². The van der Waals surface area contributed by atoms with Crippen LogP contribution in [0.2, 0.25) is 0 Å². The zero-order valence-corrected chi connectivity index (χ0v) is 18.3. The Bertz CT molecular complexity index is 1080. The first kappa shape index (κ1) is 23.2. The molecule has 2 aromatic carbocycles. The van der Waals surface area contributed by atoms with Gasteiger partial charge in [-0.2, -0.15) is 5.26 Å². The Morgan fingerprint density at radius 3 is 2.84 bits per heavy atom. The van der Waals surface area contributed by atoms with Crippen molar-refractivity contribution in [2.45, 2.75) is 52.4 Å². The molecule has 1 unspecified atom stereocenters. The van der Waals surface area contributed by atoms with E-state index in [1.165, 1.54) is 12.1 Å². The quantitative estimate of drug-likeness (QED) is 0.451. The largest absolute Gasteiger partial charge is 0.487 e. The second-order valence-electron chi connectivity index (χ2n) is 7.96. The van der Waals surface area contributed by atoms with E-state index in [0.29, 0.717) is 11.3 Å². The van der Waals surface area contributed by atoms with E-state index in [4.69, 9.17) is 14.7 Å². The first-order valence-electron chi connectivity index (χ1n) is 10.4. The third-order valence-corrected chi connectivity index (χ3v) is 5.15. The number of carboxylic acids is 1. The van der Waals surface area contributed by atoms with E-state index < -0.39 is 11.8 Å². The average molecular weight is 439 g/mol. The first-order valence-corrected chi connectivity index (χ1v) is 10.4. The van der Waals surface area contributed by atoms with Gasteiger partial charge in [-0.1, -0.05) is 17.3 Å². The summed E-state index contributed by atoms with van der Waals surface area (Å²) in [4.78, 5) is 16.2. The molecule has 0 bridgehead atoms. The van der Waals surface area contributed by atoms with Gasteiger partial charge in [0, 0.05) is 6.04 Å². The molecule has 168 valence electrons. The number of carboxylic acid groups (broad SMARTS) is 1. The van der Waals surface area contributed by atoms with Gasteiger partial charge in [-0.15, -0.1) is 0 Å². The zero-order chi connectivity index (χ0) is 23.3. The average Bonchev–Trinajstić information content (AvgIpc) is 3.15. The number of ether oxygens (including phenoxy) is 1. The Kier molecular flexibility index (Phi) is 7.44. The third kappa shape index (κ3) is 5.62. The summed E-state index contributed by atoms with van der Waals surface area (Å²) < 4.78 is 19.8. The van der Waals surface area contributed by atoms with Crippen LogP contribution in [-0.2, 0) is 22.7 Å². The molecule has 0 amide bonds. The van der Waals surface area contributed by atoms with Crippen molar-refractivity contribution in [2.75, 3.05) is 6.54 Å². The predicted molar refractivity (Wildman–Crippen MR) is 117 cm³/mol. The van der Waals surface area contributed by atoms with Gasteiger partial charge in [0.2, 0.25) is 0 Å². The van der Waals surface area contributed by atoms with Crippen LogP contribution in [0.3, 0.4) is 0 Å². The van der Waals surface area contributed by atoms with Gasteiger partial charge in [-0.25, -0.2) is 4.39 Å². The van der Waals surface area contributed by atoms with Gasteiger partial charge in [0.15, 0.2) is 11.6 Å². The summed E-state index contributed by atoms with van der Waals surface area (Å²) in [7, 11) is 0. The van der Waals surface area contributed by atoms with Gasteiger partial charge in [-0.05, 0) is 74.1 Å². The monoisotopic (exact) mass is 439 g/mol. The van der Waals surface area contributed by atoms with E-state index in [2.05, 4.69) is 10.5 Å². The lowest BCUT2D eigenvalue weighted by molar-refractivity contribution is -0.136. The van der Waals surface area contributed by atoms with Gasteiger partial charge < -0.3 is 20.0 Å². The van der Waals surface area contributed by atoms with Crippen LogP contribution in [0.25, 0.3) is 0 Å². The summed E-state index contributed by atoms with van der Waals surface area (Å²) in [5.74, 6) is -1.54. The number of hydrogen-bond donors (Lipinski definition) is 2. The van der Waals surface area contributed by atoms with Crippen molar-refractivity contribution >= 4 is 11.7 Å². The topological polar surface area (TPSA) is 104 Å². The number of hydrogen-bond acceptors (Lipinski definition) is 6. The fraction of sp³-hybridized carbons (Fsp3) is 0.375. The lowest BCUT2D eigenvalue weighted by atomic mass is 10.0. The Hall–Kier alpha value is -3.44. The number of aryl methyl sites for hydroxylation is 1. The second-order valence-corrected chi connectivity index (χ2v) is 7.96. The van der Waals surface area contributed by atoms with Crippen molar-refractivity contribution in [1.29, 1.82) is 5.26 Å². The number of nitriles is 1. The summed E-state index contributed by atoms with van der Waals surface area (Å²) in [6, 6.07) is 10.7. The van der Waals surface area contributed by atoms with Gasteiger partial charge in [-0.3, -0.25) is 4.79 Å². The van der Waals surface area contributed by atoms with Crippen LogP contribution in [0.5, 0.6) is 5.75 Å². The highest BCUT2D eigenvalue weighted by Crippen LogP contribution is 2.32. The van der Waals surface area contributed by atoms with Crippen molar-refractivity contribution < 1.29 is 23.9 Å². The molecule has 2 N–H and O–H groups in total. The zero-order valence-electron chi connectivity index (χ0n) is 18.3. The van der Waals surface area contributed by atoms with Crippen LogP contribution in [0.15, 0.2) is 35.5 Å². The molecule has 0 heterocycles. The van der Waals surface area contributed by atoms with Crippen LogP contribution < -0.4 is 10.1 Å². The van der Waals surface area contributed by atoms with Crippen molar-refractivity contribution in [3.8, 4) is 11.8 Å². The standard InChI is InChI=1S/C24H26FN3O4/c1-14(2)32-24-19(11-26)8-16(9-21(24)25)13-31-28-15(3)17-4-6-20-18(10-17)5-7-22(20)27-12-23(29)30/h4,6,8-10,14,22,27H,5,7,12-13H2,1-3H3,(H,29,30)/b28-15+. The van der Waals surface area contributed by atoms with Crippen molar-refractivity contribution in [3.05, 3.63) is 64.0 Å². The minimum atomic E-state index is -0.876. The highest BCUT2D eigenvalue weighted by Gasteiger charge is 2.23. The number of nitrogens with zero attached hydrogens (tertiary/aromatic N) is 2. The van der Waals surface area contributed by atoms with Gasteiger partial charge in [0.1, 0.15) is 12.7 Å². The molecule has 0 fully saturated rings. The summed E-state index contributed by atoms with van der Waals surface area (Å²) in [6.07, 6.45) is 1.46. The number of nitrogens with one attached hydrogen (secondary N) is 1. The number of carbonyl (C=O) groups is 1. The van der Waals surface area contributed by atoms with Crippen LogP contribution in [0.1, 0.15) is 61.1 Å². The summed E-state index contributed by atoms with van der Waals surface area (Å²) in [6.45, 7) is 5.29. The normalized spacial score (nSPS) is 15.4. The van der Waals surface area contributed by atoms with Crippen LogP contribution in [-0.4, -0.2) is 29.4 Å². The molecule has 0 aromatic heterocycles. The highest BCUT2D eigenvalue weighted by atomic mass is 19.1. The van der Waals surface area contributed by atoms with Gasteiger partial charge in [0.05, 0.1) is 23.9 Å². The van der Waals surface area contributed by atoms with E-state index in [-0.39, 0.29) is 36.6 Å². The van der Waals surface area contributed by atoms with E-state index in [1.807, 2.05) is 31.2 Å². The molecule has 32 heavy (non-hydrogen) atoms. The Morgan fingerprint density at radius 2 is 2.16 bits per heavy atom. The second kappa shape index (κ2) is 10.2. The minimum Gasteiger partial charge on any atom is -0.487 e. The van der Waals surface area contributed by atoms with Crippen LogP contribution in [0.4, 0.5) is 4.39 Å². The molecule has 0 radical (unpaired) electrons. The molecule has 0 aliphatic heterocycles. The maximum atomic E-state index is 14.4. The Morgan fingerprint density at radius 1 is 1.38 bits per heavy atom. The van der Waals surface area contributed by atoms with Crippen LogP contribution >= 0.6 is 0 Å². The van der Waals surface area contributed by atoms with Crippen molar-refractivity contribution in [2.24, 2.45) is 5.16 Å². The molecular weight excluding hydrogens is 413 g/mol. The maximum Gasteiger partial charge on any atom is 0.317 e. The first-order chi connectivity index (χ1) is 15.3. The maximum absolute atomic E-state index is 14.4. The molecule has 0 spiro atoms. The molecule has 8 heteroatoms. The number of benzene rings is 2. The molecular formula is C24H26FN3O4. The smallest absolute Gasteiger partial charge is 0.317 e. The van der Waals surface area contributed by atoms with E-state index in [9.17, 15) is 14.4 Å². The summed E-state index contributed by atoms with van der Waals surface area (Å²) in [5.41, 5.74) is 4.41. The fourth-order valence-electron chi connectivity index (χ4n) is 3.69. The molecule has 1 aliphatic carbocycles. The molecule has 1 aliphatic rings. The van der Waals surface area contributed by atoms with Crippen molar-refractivity contribution in [3.63, 3.8) is 0 Å². The molecule has 0 saturated heterocycles. The Balaban J connectivity index is 1.66. The molecule has 0 saturated carbocycles. The number of aliphatic carboxylic acids is 1. The van der Waals surface area contributed by atoms with E-state index >= 15 is 0 Å². The molecule has 3 rings (SSSR count). The van der Waals surface area contributed by atoms with E-state index in [1.54, 1.807) is 13.8 Å². The molecule has 1 atom stereocenters. The molecule has 2 aromatic rings. The number of rotatable bonds is 9. The lowest BCUT2D eigenvalue weighted by Gasteiger charge is -2.13.